The molecule has 0 fully saturated rings. The fourth-order valence-corrected chi connectivity index (χ4v) is 1.77. The molecule has 1 aromatic carbocycles. The highest BCUT2D eigenvalue weighted by molar-refractivity contribution is 5.75. The number of hydrogen-bond acceptors (Lipinski definition) is 4. The average Bonchev–Trinajstić information content (AvgIpc) is 2.36. The van der Waals surface area contributed by atoms with E-state index in [1.54, 1.807) is 20.1 Å². The molecule has 4 nitrogen and oxygen atoms in total. The maximum Gasteiger partial charge on any atom is 0.150 e. The van der Waals surface area contributed by atoms with E-state index in [2.05, 4.69) is 4.90 Å². The third-order valence-corrected chi connectivity index (χ3v) is 2.81. The zero-order valence-corrected chi connectivity index (χ0v) is 11.2. The summed E-state index contributed by atoms with van der Waals surface area (Å²) in [5.74, 6) is 0.782. The number of carbonyl (C=O) groups is 1. The number of carbonyl (C=O) groups excluding carboxylic acids is 1. The summed E-state index contributed by atoms with van der Waals surface area (Å²) >= 11 is 0. The molecule has 0 aliphatic rings. The Kier molecular flexibility index (Phi) is 5.82. The Balaban J connectivity index is 2.72. The van der Waals surface area contributed by atoms with Crippen molar-refractivity contribution < 1.29 is 14.6 Å². The van der Waals surface area contributed by atoms with E-state index in [9.17, 15) is 9.90 Å². The molecule has 0 heterocycles. The van der Waals surface area contributed by atoms with Crippen LogP contribution < -0.4 is 4.74 Å². The van der Waals surface area contributed by atoms with Crippen LogP contribution in [0, 0.1) is 0 Å². The number of methoxy groups -OCH3 is 1. The van der Waals surface area contributed by atoms with E-state index in [4.69, 9.17) is 4.74 Å². The number of nitrogens with zero attached hydrogens (tertiary/aromatic N) is 1. The van der Waals surface area contributed by atoms with E-state index in [1.165, 1.54) is 0 Å². The minimum Gasteiger partial charge on any atom is -0.496 e. The lowest BCUT2D eigenvalue weighted by Gasteiger charge is -2.19. The smallest absolute Gasteiger partial charge is 0.150 e. The minimum absolute atomic E-state index is 0.296. The molecular formula is C14H21NO3. The van der Waals surface area contributed by atoms with Gasteiger partial charge in [-0.1, -0.05) is 0 Å². The number of aliphatic hydroxyl groups excluding tert-OH is 1. The molecule has 100 valence electrons. The van der Waals surface area contributed by atoms with E-state index in [-0.39, 0.29) is 6.10 Å². The van der Waals surface area contributed by atoms with Gasteiger partial charge in [-0.25, -0.2) is 0 Å². The first-order chi connectivity index (χ1) is 8.56. The van der Waals surface area contributed by atoms with Crippen molar-refractivity contribution in [3.63, 3.8) is 0 Å². The Morgan fingerprint density at radius 1 is 1.50 bits per heavy atom. The molecule has 0 bridgehead atoms. The summed E-state index contributed by atoms with van der Waals surface area (Å²) in [7, 11) is 3.60. The van der Waals surface area contributed by atoms with Gasteiger partial charge in [0.15, 0.2) is 0 Å². The van der Waals surface area contributed by atoms with E-state index in [1.807, 2.05) is 19.2 Å². The highest BCUT2D eigenvalue weighted by Crippen LogP contribution is 2.20. The molecular weight excluding hydrogens is 230 g/mol. The molecule has 0 radical (unpaired) electrons. The summed E-state index contributed by atoms with van der Waals surface area (Å²) < 4.78 is 5.28. The Bertz CT molecular complexity index is 391. The molecule has 18 heavy (non-hydrogen) atoms. The Labute approximate surface area is 108 Å². The number of aliphatic hydroxyl groups is 1. The lowest BCUT2D eigenvalue weighted by Crippen LogP contribution is -2.22. The largest absolute Gasteiger partial charge is 0.496 e. The first-order valence-electron chi connectivity index (χ1n) is 6.05. The molecule has 1 atom stereocenters. The quantitative estimate of drug-likeness (QED) is 0.750. The topological polar surface area (TPSA) is 49.8 Å². The first-order valence-corrected chi connectivity index (χ1v) is 6.05. The first kappa shape index (κ1) is 14.7. The van der Waals surface area contributed by atoms with Crippen LogP contribution in [0.1, 0.15) is 29.3 Å². The summed E-state index contributed by atoms with van der Waals surface area (Å²) in [6.45, 7) is 3.27. The third-order valence-electron chi connectivity index (χ3n) is 2.81. The van der Waals surface area contributed by atoms with Gasteiger partial charge in [-0.2, -0.15) is 0 Å². The lowest BCUT2D eigenvalue weighted by atomic mass is 10.1. The minimum atomic E-state index is -0.296. The van der Waals surface area contributed by atoms with Gasteiger partial charge in [0.1, 0.15) is 12.0 Å². The van der Waals surface area contributed by atoms with Crippen molar-refractivity contribution in [2.24, 2.45) is 0 Å². The Morgan fingerprint density at radius 2 is 2.22 bits per heavy atom. The van der Waals surface area contributed by atoms with Crippen molar-refractivity contribution >= 4 is 6.29 Å². The van der Waals surface area contributed by atoms with Gasteiger partial charge in [0, 0.05) is 24.2 Å². The summed E-state index contributed by atoms with van der Waals surface area (Å²) in [4.78, 5) is 12.9. The van der Waals surface area contributed by atoms with Crippen molar-refractivity contribution in [1.82, 2.24) is 4.90 Å². The predicted octanol–water partition coefficient (Wildman–Crippen LogP) is 1.71. The van der Waals surface area contributed by atoms with Crippen molar-refractivity contribution in [1.29, 1.82) is 0 Å². The predicted molar refractivity (Wildman–Crippen MR) is 71.0 cm³/mol. The molecule has 0 saturated carbocycles. The van der Waals surface area contributed by atoms with Crippen LogP contribution in [0.3, 0.4) is 0 Å². The Hall–Kier alpha value is -1.39. The molecule has 0 amide bonds. The summed E-state index contributed by atoms with van der Waals surface area (Å²) in [5, 5.41) is 9.25. The van der Waals surface area contributed by atoms with Crippen LogP contribution in [0.2, 0.25) is 0 Å². The fourth-order valence-electron chi connectivity index (χ4n) is 1.77. The molecule has 1 aromatic rings. The Morgan fingerprint density at radius 3 is 2.78 bits per heavy atom. The van der Waals surface area contributed by atoms with Gasteiger partial charge >= 0.3 is 0 Å². The van der Waals surface area contributed by atoms with Crippen LogP contribution in [-0.2, 0) is 6.54 Å². The van der Waals surface area contributed by atoms with Gasteiger partial charge in [0.05, 0.1) is 13.2 Å². The summed E-state index contributed by atoms with van der Waals surface area (Å²) in [6, 6.07) is 5.39. The molecule has 0 aliphatic heterocycles. The van der Waals surface area contributed by atoms with Crippen LogP contribution in [0.5, 0.6) is 5.75 Å². The van der Waals surface area contributed by atoms with Crippen molar-refractivity contribution in [3.8, 4) is 5.75 Å². The number of aldehydes is 1. The van der Waals surface area contributed by atoms with Gasteiger partial charge in [0.25, 0.3) is 0 Å². The van der Waals surface area contributed by atoms with Gasteiger partial charge in [0.2, 0.25) is 0 Å². The van der Waals surface area contributed by atoms with E-state index in [0.717, 1.165) is 30.6 Å². The highest BCUT2D eigenvalue weighted by atomic mass is 16.5. The van der Waals surface area contributed by atoms with Crippen molar-refractivity contribution in [2.75, 3.05) is 20.7 Å². The molecule has 1 N–H and O–H groups in total. The average molecular weight is 251 g/mol. The normalized spacial score (nSPS) is 12.5. The van der Waals surface area contributed by atoms with Gasteiger partial charge in [-0.3, -0.25) is 4.79 Å². The number of benzene rings is 1. The molecule has 1 unspecified atom stereocenters. The molecule has 0 spiro atoms. The van der Waals surface area contributed by atoms with E-state index < -0.39 is 0 Å². The van der Waals surface area contributed by atoms with Gasteiger partial charge in [-0.15, -0.1) is 0 Å². The number of rotatable bonds is 7. The molecule has 0 aliphatic carbocycles. The van der Waals surface area contributed by atoms with Crippen molar-refractivity contribution in [2.45, 2.75) is 26.0 Å². The monoisotopic (exact) mass is 251 g/mol. The zero-order chi connectivity index (χ0) is 13.5. The second-order valence-electron chi connectivity index (χ2n) is 4.56. The van der Waals surface area contributed by atoms with E-state index in [0.29, 0.717) is 12.1 Å². The maximum absolute atomic E-state index is 10.8. The second kappa shape index (κ2) is 7.13. The molecule has 0 aromatic heterocycles. The summed E-state index contributed by atoms with van der Waals surface area (Å²) in [5.41, 5.74) is 1.63. The number of hydrogen-bond donors (Lipinski definition) is 1. The van der Waals surface area contributed by atoms with Crippen LogP contribution in [-0.4, -0.2) is 43.1 Å². The fraction of sp³-hybridized carbons (Fsp3) is 0.500. The van der Waals surface area contributed by atoms with Crippen molar-refractivity contribution in [3.05, 3.63) is 29.3 Å². The SMILES string of the molecule is COc1ccc(C=O)cc1CN(C)CCC(C)O. The van der Waals surface area contributed by atoms with Crippen LogP contribution in [0.25, 0.3) is 0 Å². The van der Waals surface area contributed by atoms with E-state index >= 15 is 0 Å². The molecule has 4 heteroatoms. The maximum atomic E-state index is 10.8. The second-order valence-corrected chi connectivity index (χ2v) is 4.56. The van der Waals surface area contributed by atoms with Crippen LogP contribution in [0.15, 0.2) is 18.2 Å². The van der Waals surface area contributed by atoms with Crippen LogP contribution >= 0.6 is 0 Å². The van der Waals surface area contributed by atoms with Gasteiger partial charge in [-0.05, 0) is 38.6 Å². The van der Waals surface area contributed by atoms with Crippen LogP contribution in [0.4, 0.5) is 0 Å². The highest BCUT2D eigenvalue weighted by Gasteiger charge is 2.08. The van der Waals surface area contributed by atoms with Gasteiger partial charge < -0.3 is 14.7 Å². The number of ether oxygens (including phenoxy) is 1. The lowest BCUT2D eigenvalue weighted by molar-refractivity contribution is 0.112. The molecule has 0 saturated heterocycles. The third kappa shape index (κ3) is 4.47. The molecule has 1 rings (SSSR count). The zero-order valence-electron chi connectivity index (χ0n) is 11.2. The standard InChI is InChI=1S/C14H21NO3/c1-11(17)6-7-15(2)9-13-8-12(10-16)4-5-14(13)18-3/h4-5,8,10-11,17H,6-7,9H2,1-3H3. The summed E-state index contributed by atoms with van der Waals surface area (Å²) in [6.07, 6.45) is 1.26.